The lowest BCUT2D eigenvalue weighted by Gasteiger charge is -2.14. The molecule has 0 spiro atoms. The van der Waals surface area contributed by atoms with E-state index in [9.17, 15) is 9.18 Å². The first-order valence-corrected chi connectivity index (χ1v) is 12.2. The third-order valence-electron chi connectivity index (χ3n) is 5.28. The third kappa shape index (κ3) is 8.64. The van der Waals surface area contributed by atoms with Gasteiger partial charge in [0.1, 0.15) is 23.7 Å². The highest BCUT2D eigenvalue weighted by Crippen LogP contribution is 2.33. The van der Waals surface area contributed by atoms with Crippen LogP contribution >= 0.6 is 11.6 Å². The van der Waals surface area contributed by atoms with E-state index in [0.29, 0.717) is 66.8 Å². The molecule has 0 saturated heterocycles. The van der Waals surface area contributed by atoms with Crippen molar-refractivity contribution < 1.29 is 23.4 Å². The minimum atomic E-state index is -0.514. The smallest absolute Gasteiger partial charge is 0.248 e. The molecule has 2 aromatic carbocycles. The van der Waals surface area contributed by atoms with Gasteiger partial charge in [-0.3, -0.25) is 4.79 Å². The molecule has 0 bridgehead atoms. The van der Waals surface area contributed by atoms with Crippen LogP contribution in [0.3, 0.4) is 0 Å². The predicted molar refractivity (Wildman–Crippen MR) is 143 cm³/mol. The quantitative estimate of drug-likeness (QED) is 0.229. The number of carbonyl (C=O) groups excluding carboxylic acids is 1. The van der Waals surface area contributed by atoms with E-state index in [2.05, 4.69) is 20.6 Å². The third-order valence-corrected chi connectivity index (χ3v) is 5.57. The highest BCUT2D eigenvalue weighted by atomic mass is 35.5. The molecule has 1 heterocycles. The van der Waals surface area contributed by atoms with Crippen molar-refractivity contribution >= 4 is 45.6 Å². The summed E-state index contributed by atoms with van der Waals surface area (Å²) in [7, 11) is 3.46. The average molecular weight is 532 g/mol. The second-order valence-electron chi connectivity index (χ2n) is 8.01. The largest absolute Gasteiger partial charge is 0.494 e. The molecule has 0 atom stereocenters. The molecule has 0 radical (unpaired) electrons. The van der Waals surface area contributed by atoms with Crippen LogP contribution in [0.25, 0.3) is 10.9 Å². The lowest BCUT2D eigenvalue weighted by molar-refractivity contribution is -0.111. The van der Waals surface area contributed by atoms with Gasteiger partial charge in [0, 0.05) is 42.9 Å². The summed E-state index contributed by atoms with van der Waals surface area (Å²) < 4.78 is 29.7. The zero-order valence-corrected chi connectivity index (χ0v) is 21.8. The zero-order chi connectivity index (χ0) is 26.6. The monoisotopic (exact) mass is 531 g/mol. The molecule has 198 valence electrons. The molecular formula is C26H31ClFN5O4. The highest BCUT2D eigenvalue weighted by molar-refractivity contribution is 6.31. The van der Waals surface area contributed by atoms with Gasteiger partial charge in [-0.2, -0.15) is 0 Å². The van der Waals surface area contributed by atoms with Crippen LogP contribution in [0, 0.1) is 5.82 Å². The molecule has 0 aliphatic heterocycles. The fourth-order valence-corrected chi connectivity index (χ4v) is 3.53. The van der Waals surface area contributed by atoms with E-state index in [-0.39, 0.29) is 10.9 Å². The number of anilines is 3. The number of methoxy groups -OCH3 is 1. The number of aromatic nitrogens is 2. The van der Waals surface area contributed by atoms with E-state index in [1.54, 1.807) is 24.3 Å². The van der Waals surface area contributed by atoms with Crippen LogP contribution in [0.5, 0.6) is 5.75 Å². The van der Waals surface area contributed by atoms with Crippen LogP contribution in [0.4, 0.5) is 21.6 Å². The number of benzene rings is 2. The number of hydrogen-bond donors (Lipinski definition) is 2. The SMILES string of the molecule is CCOCCOCCN(C)C/C=C/C(=O)Nc1cc2c(Nc3ccc(F)c(Cl)c3)ncnc2cc1OC. The molecule has 3 rings (SSSR count). The summed E-state index contributed by atoms with van der Waals surface area (Å²) >= 11 is 5.90. The van der Waals surface area contributed by atoms with Gasteiger partial charge in [0.05, 0.1) is 43.2 Å². The number of amides is 1. The van der Waals surface area contributed by atoms with Crippen molar-refractivity contribution in [2.45, 2.75) is 6.92 Å². The van der Waals surface area contributed by atoms with Crippen molar-refractivity contribution in [1.29, 1.82) is 0 Å². The van der Waals surface area contributed by atoms with Gasteiger partial charge in [-0.1, -0.05) is 17.7 Å². The maximum Gasteiger partial charge on any atom is 0.248 e. The maximum absolute atomic E-state index is 13.5. The second-order valence-corrected chi connectivity index (χ2v) is 8.42. The lowest BCUT2D eigenvalue weighted by Crippen LogP contribution is -2.24. The molecule has 9 nitrogen and oxygen atoms in total. The molecule has 0 aliphatic rings. The number of likely N-dealkylation sites (N-methyl/N-ethyl adjacent to an activating group) is 1. The molecule has 2 N–H and O–H groups in total. The first-order chi connectivity index (χ1) is 17.9. The van der Waals surface area contributed by atoms with Crippen molar-refractivity contribution in [2.75, 3.05) is 64.3 Å². The summed E-state index contributed by atoms with van der Waals surface area (Å²) in [5, 5.41) is 6.58. The molecule has 0 unspecified atom stereocenters. The fourth-order valence-electron chi connectivity index (χ4n) is 3.35. The topological polar surface area (TPSA) is 97.8 Å². The lowest BCUT2D eigenvalue weighted by atomic mass is 10.1. The van der Waals surface area contributed by atoms with Gasteiger partial charge in [0.15, 0.2) is 0 Å². The van der Waals surface area contributed by atoms with E-state index in [0.717, 1.165) is 6.54 Å². The van der Waals surface area contributed by atoms with Gasteiger partial charge in [0.25, 0.3) is 0 Å². The number of rotatable bonds is 14. The number of nitrogens with one attached hydrogen (secondary N) is 2. The van der Waals surface area contributed by atoms with Crippen molar-refractivity contribution in [2.24, 2.45) is 0 Å². The minimum Gasteiger partial charge on any atom is -0.494 e. The average Bonchev–Trinajstić information content (AvgIpc) is 2.88. The van der Waals surface area contributed by atoms with Crippen LogP contribution < -0.4 is 15.4 Å². The van der Waals surface area contributed by atoms with E-state index in [1.807, 2.05) is 18.9 Å². The highest BCUT2D eigenvalue weighted by Gasteiger charge is 2.13. The summed E-state index contributed by atoms with van der Waals surface area (Å²) in [6.07, 6.45) is 4.64. The first kappa shape index (κ1) is 28.3. The van der Waals surface area contributed by atoms with Gasteiger partial charge < -0.3 is 29.7 Å². The van der Waals surface area contributed by atoms with Gasteiger partial charge in [-0.15, -0.1) is 0 Å². The zero-order valence-electron chi connectivity index (χ0n) is 21.1. The van der Waals surface area contributed by atoms with Crippen LogP contribution in [0.1, 0.15) is 6.92 Å². The first-order valence-electron chi connectivity index (χ1n) is 11.8. The van der Waals surface area contributed by atoms with Gasteiger partial charge in [0.2, 0.25) is 5.91 Å². The van der Waals surface area contributed by atoms with Gasteiger partial charge in [-0.25, -0.2) is 14.4 Å². The van der Waals surface area contributed by atoms with Crippen molar-refractivity contribution in [3.05, 3.63) is 59.7 Å². The maximum atomic E-state index is 13.5. The fraction of sp³-hybridized carbons (Fsp3) is 0.346. The Morgan fingerprint density at radius 2 is 1.97 bits per heavy atom. The molecule has 1 amide bonds. The Morgan fingerprint density at radius 1 is 1.16 bits per heavy atom. The minimum absolute atomic E-state index is 0.00971. The molecule has 3 aromatic rings. The standard InChI is InChI=1S/C26H31ClFN5O4/c1-4-36-12-13-37-11-10-33(2)9-5-6-25(34)32-23-15-19-22(16-24(23)35-3)29-17-30-26(19)31-18-7-8-21(28)20(27)14-18/h5-8,14-17H,4,9-13H2,1-3H3,(H,32,34)(H,29,30,31)/b6-5+. The number of carbonyl (C=O) groups is 1. The van der Waals surface area contributed by atoms with Crippen LogP contribution in [-0.2, 0) is 14.3 Å². The van der Waals surface area contributed by atoms with E-state index in [4.69, 9.17) is 25.8 Å². The Kier molecular flexibility index (Phi) is 11.0. The number of halogens is 2. The van der Waals surface area contributed by atoms with Crippen molar-refractivity contribution in [1.82, 2.24) is 14.9 Å². The Labute approximate surface area is 220 Å². The summed E-state index contributed by atoms with van der Waals surface area (Å²) in [4.78, 5) is 23.2. The van der Waals surface area contributed by atoms with E-state index in [1.165, 1.54) is 31.6 Å². The number of nitrogens with zero attached hydrogens (tertiary/aromatic N) is 3. The molecule has 11 heteroatoms. The van der Waals surface area contributed by atoms with Crippen molar-refractivity contribution in [3.8, 4) is 5.75 Å². The van der Waals surface area contributed by atoms with Crippen LogP contribution in [0.15, 0.2) is 48.8 Å². The number of hydrogen-bond acceptors (Lipinski definition) is 8. The molecule has 37 heavy (non-hydrogen) atoms. The summed E-state index contributed by atoms with van der Waals surface area (Å²) in [6, 6.07) is 7.71. The molecule has 1 aromatic heterocycles. The summed E-state index contributed by atoms with van der Waals surface area (Å²) in [6.45, 7) is 5.67. The Hall–Kier alpha value is -3.31. The van der Waals surface area contributed by atoms with Crippen LogP contribution in [-0.4, -0.2) is 74.4 Å². The number of fused-ring (bicyclic) bond motifs is 1. The van der Waals surface area contributed by atoms with Crippen molar-refractivity contribution in [3.63, 3.8) is 0 Å². The van der Waals surface area contributed by atoms with E-state index < -0.39 is 5.82 Å². The number of ether oxygens (including phenoxy) is 3. The predicted octanol–water partition coefficient (Wildman–Crippen LogP) is 4.65. The normalized spacial score (nSPS) is 11.4. The summed E-state index contributed by atoms with van der Waals surface area (Å²) in [5.41, 5.74) is 1.61. The molecule has 0 saturated carbocycles. The Balaban J connectivity index is 1.64. The Bertz CT molecular complexity index is 1230. The summed E-state index contributed by atoms with van der Waals surface area (Å²) in [5.74, 6) is 0.0896. The van der Waals surface area contributed by atoms with Gasteiger partial charge in [-0.05, 0) is 38.2 Å². The molecule has 0 fully saturated rings. The van der Waals surface area contributed by atoms with Gasteiger partial charge >= 0.3 is 0 Å². The van der Waals surface area contributed by atoms with E-state index >= 15 is 0 Å². The van der Waals surface area contributed by atoms with Crippen LogP contribution in [0.2, 0.25) is 5.02 Å². The Morgan fingerprint density at radius 3 is 2.73 bits per heavy atom. The molecular weight excluding hydrogens is 501 g/mol. The molecule has 0 aliphatic carbocycles. The second kappa shape index (κ2) is 14.4.